The lowest BCUT2D eigenvalue weighted by molar-refractivity contribution is -0.285. The minimum absolute atomic E-state index is 0.148. The molecule has 0 saturated carbocycles. The maximum atomic E-state index is 12.2. The molecule has 0 rings (SSSR count). The minimum Gasteiger partial charge on any atom is -0.170 e. The van der Waals surface area contributed by atoms with Crippen molar-refractivity contribution in [2.24, 2.45) is 5.92 Å². The third-order valence-corrected chi connectivity index (χ3v) is 5.11. The molecule has 0 bridgehead atoms. The van der Waals surface area contributed by atoms with Gasteiger partial charge in [-0.2, -0.15) is 26.3 Å². The maximum Gasteiger partial charge on any atom is 0.400 e. The van der Waals surface area contributed by atoms with Crippen molar-refractivity contribution in [1.82, 2.24) is 0 Å². The molecular formula is C9H13Cl3F6Si. The lowest BCUT2D eigenvalue weighted by Crippen LogP contribution is -2.36. The summed E-state index contributed by atoms with van der Waals surface area (Å²) >= 11 is 16.8. The van der Waals surface area contributed by atoms with E-state index in [1.807, 2.05) is 0 Å². The third-order valence-electron chi connectivity index (χ3n) is 2.49. The zero-order valence-corrected chi connectivity index (χ0v) is 13.0. The Balaban J connectivity index is 3.97. The van der Waals surface area contributed by atoms with Crippen LogP contribution in [-0.4, -0.2) is 18.4 Å². The van der Waals surface area contributed by atoms with Crippen molar-refractivity contribution in [1.29, 1.82) is 0 Å². The van der Waals surface area contributed by atoms with Crippen LogP contribution in [0.5, 0.6) is 0 Å². The van der Waals surface area contributed by atoms with Gasteiger partial charge in [-0.3, -0.25) is 0 Å². The van der Waals surface area contributed by atoms with Crippen LogP contribution in [0.2, 0.25) is 6.04 Å². The van der Waals surface area contributed by atoms with Gasteiger partial charge in [-0.1, -0.05) is 25.7 Å². The number of alkyl halides is 6. The normalized spacial score (nSPS) is 14.2. The Labute approximate surface area is 122 Å². The minimum atomic E-state index is -5.25. The van der Waals surface area contributed by atoms with Gasteiger partial charge in [0.2, 0.25) is 0 Å². The fourth-order valence-corrected chi connectivity index (χ4v) is 3.39. The highest BCUT2D eigenvalue weighted by Crippen LogP contribution is 2.42. The standard InChI is InChI=1S/C9H13Cl3F6Si/c10-19(11,12)6-4-2-1-3-5-7(8(13,14)15)9(16,17)18/h7H,1-6H2. The van der Waals surface area contributed by atoms with E-state index < -0.39 is 30.7 Å². The van der Waals surface area contributed by atoms with Gasteiger partial charge in [0.1, 0.15) is 0 Å². The topological polar surface area (TPSA) is 0 Å². The lowest BCUT2D eigenvalue weighted by Gasteiger charge is -2.22. The van der Waals surface area contributed by atoms with Crippen LogP contribution in [-0.2, 0) is 0 Å². The first-order valence-corrected chi connectivity index (χ1v) is 10.8. The first-order valence-electron chi connectivity index (χ1n) is 5.54. The fourth-order valence-electron chi connectivity index (χ4n) is 1.54. The summed E-state index contributed by atoms with van der Waals surface area (Å²) in [6.07, 6.45) is -10.4. The molecule has 0 atom stereocenters. The summed E-state index contributed by atoms with van der Waals surface area (Å²) in [4.78, 5) is 0. The van der Waals surface area contributed by atoms with Crippen LogP contribution in [0.3, 0.4) is 0 Å². The zero-order valence-electron chi connectivity index (χ0n) is 9.72. The third kappa shape index (κ3) is 10.1. The van der Waals surface area contributed by atoms with Gasteiger partial charge in [-0.05, 0) is 12.5 Å². The summed E-state index contributed by atoms with van der Waals surface area (Å²) in [5.41, 5.74) is 0. The van der Waals surface area contributed by atoms with Crippen molar-refractivity contribution in [2.75, 3.05) is 0 Å². The molecule has 0 N–H and O–H groups in total. The molecule has 0 spiro atoms. The molecule has 0 aliphatic carbocycles. The van der Waals surface area contributed by atoms with E-state index in [1.54, 1.807) is 0 Å². The summed E-state index contributed by atoms with van der Waals surface area (Å²) in [6.45, 7) is 0. The van der Waals surface area contributed by atoms with Crippen LogP contribution in [0.4, 0.5) is 26.3 Å². The SMILES string of the molecule is FC(F)(F)C(CCCCCC[Si](Cl)(Cl)Cl)C(F)(F)F. The molecule has 0 aromatic carbocycles. The molecule has 0 heterocycles. The number of halogens is 9. The number of hydrogen-bond donors (Lipinski definition) is 0. The van der Waals surface area contributed by atoms with Gasteiger partial charge in [-0.15, -0.1) is 33.2 Å². The number of hydrogen-bond acceptors (Lipinski definition) is 0. The number of unbranched alkanes of at least 4 members (excludes halogenated alkanes) is 3. The van der Waals surface area contributed by atoms with Gasteiger partial charge in [0.05, 0.1) is 0 Å². The molecule has 0 amide bonds. The van der Waals surface area contributed by atoms with Crippen LogP contribution >= 0.6 is 33.2 Å². The summed E-state index contributed by atoms with van der Waals surface area (Å²) in [6, 6.07) is -2.38. The number of rotatable bonds is 7. The van der Waals surface area contributed by atoms with Crippen molar-refractivity contribution in [3.05, 3.63) is 0 Å². The van der Waals surface area contributed by atoms with Gasteiger partial charge < -0.3 is 0 Å². The van der Waals surface area contributed by atoms with E-state index in [-0.39, 0.29) is 12.8 Å². The van der Waals surface area contributed by atoms with Gasteiger partial charge in [0.15, 0.2) is 5.92 Å². The largest absolute Gasteiger partial charge is 0.400 e. The molecule has 0 unspecified atom stereocenters. The molecule has 0 aromatic rings. The van der Waals surface area contributed by atoms with E-state index in [4.69, 9.17) is 33.2 Å². The monoisotopic (exact) mass is 368 g/mol. The van der Waals surface area contributed by atoms with E-state index in [0.717, 1.165) is 0 Å². The second kappa shape index (κ2) is 7.61. The first kappa shape index (κ1) is 19.7. The fraction of sp³-hybridized carbons (Fsp3) is 1.00. The summed E-state index contributed by atoms with van der Waals surface area (Å²) < 4.78 is 73.1. The Morgan fingerprint density at radius 2 is 1.16 bits per heavy atom. The van der Waals surface area contributed by atoms with Gasteiger partial charge in [0.25, 0.3) is 0 Å². The van der Waals surface area contributed by atoms with Crippen LogP contribution in [0.15, 0.2) is 0 Å². The molecule has 10 heteroatoms. The second-order valence-corrected chi connectivity index (χ2v) is 13.5. The second-order valence-electron chi connectivity index (χ2n) is 4.20. The molecule has 116 valence electrons. The Morgan fingerprint density at radius 3 is 1.53 bits per heavy atom. The molecule has 0 aliphatic heterocycles. The predicted molar refractivity (Wildman–Crippen MR) is 66.8 cm³/mol. The highest BCUT2D eigenvalue weighted by Gasteiger charge is 2.55. The van der Waals surface area contributed by atoms with E-state index in [0.29, 0.717) is 18.9 Å². The molecule has 0 nitrogen and oxygen atoms in total. The summed E-state index contributed by atoms with van der Waals surface area (Å²) in [7, 11) is 0. The van der Waals surface area contributed by atoms with Crippen molar-refractivity contribution in [3.63, 3.8) is 0 Å². The summed E-state index contributed by atoms with van der Waals surface area (Å²) in [5.74, 6) is -3.25. The van der Waals surface area contributed by atoms with Crippen LogP contribution < -0.4 is 0 Å². The highest BCUT2D eigenvalue weighted by molar-refractivity contribution is 7.64. The molecule has 0 aromatic heterocycles. The molecular weight excluding hydrogens is 357 g/mol. The Hall–Kier alpha value is 0.667. The van der Waals surface area contributed by atoms with E-state index in [9.17, 15) is 26.3 Å². The Kier molecular flexibility index (Phi) is 7.88. The van der Waals surface area contributed by atoms with E-state index in [2.05, 4.69) is 0 Å². The van der Waals surface area contributed by atoms with Crippen LogP contribution in [0.25, 0.3) is 0 Å². The van der Waals surface area contributed by atoms with Crippen LogP contribution in [0.1, 0.15) is 32.1 Å². The van der Waals surface area contributed by atoms with E-state index in [1.165, 1.54) is 0 Å². The smallest absolute Gasteiger partial charge is 0.170 e. The quantitative estimate of drug-likeness (QED) is 0.213. The first-order chi connectivity index (χ1) is 8.34. The predicted octanol–water partition coefficient (Wildman–Crippen LogP) is 6.33. The maximum absolute atomic E-state index is 12.2. The van der Waals surface area contributed by atoms with Gasteiger partial charge >= 0.3 is 18.4 Å². The van der Waals surface area contributed by atoms with Gasteiger partial charge in [-0.25, -0.2) is 0 Å². The Bertz CT molecular complexity index is 246. The van der Waals surface area contributed by atoms with Gasteiger partial charge in [0, 0.05) is 0 Å². The van der Waals surface area contributed by atoms with Crippen molar-refractivity contribution >= 4 is 39.2 Å². The lowest BCUT2D eigenvalue weighted by atomic mass is 10.00. The molecule has 0 radical (unpaired) electrons. The average Bonchev–Trinajstić information content (AvgIpc) is 2.10. The molecule has 0 saturated heterocycles. The zero-order chi connectivity index (χ0) is 15.3. The molecule has 19 heavy (non-hydrogen) atoms. The highest BCUT2D eigenvalue weighted by atomic mass is 35.8. The molecule has 0 fully saturated rings. The van der Waals surface area contributed by atoms with Crippen molar-refractivity contribution in [3.8, 4) is 0 Å². The van der Waals surface area contributed by atoms with E-state index >= 15 is 0 Å². The average molecular weight is 370 g/mol. The Morgan fingerprint density at radius 1 is 0.737 bits per heavy atom. The van der Waals surface area contributed by atoms with Crippen molar-refractivity contribution in [2.45, 2.75) is 50.5 Å². The van der Waals surface area contributed by atoms with Crippen LogP contribution in [0, 0.1) is 5.92 Å². The van der Waals surface area contributed by atoms with Crippen molar-refractivity contribution < 1.29 is 26.3 Å². The molecule has 0 aliphatic rings. The summed E-state index contributed by atoms with van der Waals surface area (Å²) in [5, 5.41) is 0.